The second-order valence-corrected chi connectivity index (χ2v) is 12.4. The zero-order valence-electron chi connectivity index (χ0n) is 22.5. The highest BCUT2D eigenvalue weighted by Gasteiger charge is 2.47. The molecule has 2 N–H and O–H groups in total. The molecule has 3 aliphatic rings. The largest absolute Gasteiger partial charge is 0.419 e. The number of piperidine rings is 1. The molecular weight excluding hydrogens is 580 g/mol. The maximum absolute atomic E-state index is 13.7. The highest BCUT2D eigenvalue weighted by Crippen LogP contribution is 2.35. The first-order valence-corrected chi connectivity index (χ1v) is 14.7. The topological polar surface area (TPSA) is 119 Å². The predicted molar refractivity (Wildman–Crippen MR) is 146 cm³/mol. The van der Waals surface area contributed by atoms with Crippen LogP contribution in [0.2, 0.25) is 0 Å². The van der Waals surface area contributed by atoms with Crippen molar-refractivity contribution >= 4 is 39.4 Å². The maximum Gasteiger partial charge on any atom is 0.419 e. The summed E-state index contributed by atoms with van der Waals surface area (Å²) < 4.78 is 80.5. The first-order valence-electron chi connectivity index (χ1n) is 13.2. The van der Waals surface area contributed by atoms with Gasteiger partial charge >= 0.3 is 6.18 Å². The monoisotopic (exact) mass is 608 g/mol. The number of hydrogen-bond donors (Lipinski definition) is 2. The smallest absolute Gasteiger partial charge is 0.394 e. The highest BCUT2D eigenvalue weighted by atomic mass is 32.2. The van der Waals surface area contributed by atoms with Crippen molar-refractivity contribution in [3.8, 4) is 0 Å². The first kappa shape index (κ1) is 29.9. The van der Waals surface area contributed by atoms with E-state index in [-0.39, 0.29) is 55.9 Å². The van der Waals surface area contributed by atoms with Crippen molar-refractivity contribution in [2.24, 2.45) is 4.99 Å². The van der Waals surface area contributed by atoms with Gasteiger partial charge in [0.2, 0.25) is 15.9 Å². The quantitative estimate of drug-likeness (QED) is 0.488. The van der Waals surface area contributed by atoms with E-state index in [1.807, 2.05) is 0 Å². The van der Waals surface area contributed by atoms with Crippen molar-refractivity contribution in [3.05, 3.63) is 69.9 Å². The number of nitrogens with zero attached hydrogens (tertiary/aromatic N) is 3. The molecule has 224 valence electrons. The Hall–Kier alpha value is -3.62. The lowest BCUT2D eigenvalue weighted by atomic mass is 9.89. The van der Waals surface area contributed by atoms with Crippen LogP contribution < -0.4 is 10.2 Å². The molecule has 0 aromatic heterocycles. The van der Waals surface area contributed by atoms with Crippen LogP contribution in [0.15, 0.2) is 46.8 Å². The number of halogens is 4. The highest BCUT2D eigenvalue weighted by molar-refractivity contribution is 7.92. The summed E-state index contributed by atoms with van der Waals surface area (Å²) in [4.78, 5) is 31.0. The molecule has 2 amide bonds. The molecule has 2 aromatic rings. The molecule has 0 aliphatic carbocycles. The third kappa shape index (κ3) is 5.57. The van der Waals surface area contributed by atoms with Crippen molar-refractivity contribution in [3.63, 3.8) is 0 Å². The molecule has 9 nitrogen and oxygen atoms in total. The number of aryl methyl sites for hydroxylation is 1. The molecule has 3 aliphatic heterocycles. The number of aliphatic hydroxyl groups is 1. The van der Waals surface area contributed by atoms with Gasteiger partial charge in [0.1, 0.15) is 17.2 Å². The molecule has 0 radical (unpaired) electrons. The summed E-state index contributed by atoms with van der Waals surface area (Å²) in [5, 5.41) is 13.1. The van der Waals surface area contributed by atoms with Crippen LogP contribution >= 0.6 is 0 Å². The van der Waals surface area contributed by atoms with Crippen LogP contribution in [0.5, 0.6) is 0 Å². The van der Waals surface area contributed by atoms with Gasteiger partial charge in [-0.15, -0.1) is 0 Å². The third-order valence-electron chi connectivity index (χ3n) is 7.92. The number of aliphatic hydroxyl groups excluding tert-OH is 1. The van der Waals surface area contributed by atoms with Gasteiger partial charge in [-0.1, -0.05) is 6.07 Å². The zero-order valence-corrected chi connectivity index (χ0v) is 23.3. The lowest BCUT2D eigenvalue weighted by molar-refractivity contribution is -0.140. The number of benzene rings is 2. The van der Waals surface area contributed by atoms with E-state index in [2.05, 4.69) is 10.3 Å². The Morgan fingerprint density at radius 1 is 1.14 bits per heavy atom. The van der Waals surface area contributed by atoms with E-state index in [9.17, 15) is 40.7 Å². The Labute approximate surface area is 239 Å². The minimum absolute atomic E-state index is 0.00629. The molecule has 5 rings (SSSR count). The van der Waals surface area contributed by atoms with E-state index in [1.54, 1.807) is 30.0 Å². The molecule has 0 unspecified atom stereocenters. The van der Waals surface area contributed by atoms with Crippen molar-refractivity contribution in [1.29, 1.82) is 0 Å². The fourth-order valence-electron chi connectivity index (χ4n) is 5.51. The molecule has 0 saturated carbocycles. The lowest BCUT2D eigenvalue weighted by Crippen LogP contribution is -2.50. The molecular formula is C28H28F4N4O5S. The standard InChI is InChI=1S/C28H28F4N4O5S/c1-17-14-20(36-21(16-37)5-7-24(36)38)4-2-18(17)8-13-42(40,41)35-11-9-27(10-12-35)26(39)33-25(34-27)19-3-6-23(29)22(15-19)28(30,31)32/h2-4,6,8,13-15,21,37H,5,7,9-12,16H2,1H3,(H,33,34,39)/t21-/m0/s1. The van der Waals surface area contributed by atoms with Crippen LogP contribution in [0, 0.1) is 12.7 Å². The zero-order chi connectivity index (χ0) is 30.4. The number of nitrogens with one attached hydrogen (secondary N) is 1. The number of alkyl halides is 3. The van der Waals surface area contributed by atoms with E-state index in [4.69, 9.17) is 0 Å². The number of hydrogen-bond acceptors (Lipinski definition) is 6. The molecule has 14 heteroatoms. The van der Waals surface area contributed by atoms with Crippen LogP contribution in [0.1, 0.15) is 47.9 Å². The summed E-state index contributed by atoms with van der Waals surface area (Å²) in [6.45, 7) is 1.53. The van der Waals surface area contributed by atoms with Crippen molar-refractivity contribution in [2.45, 2.75) is 50.4 Å². The van der Waals surface area contributed by atoms with Crippen LogP contribution in [0.25, 0.3) is 6.08 Å². The van der Waals surface area contributed by atoms with Crippen LogP contribution in [-0.2, 0) is 25.8 Å². The molecule has 2 fully saturated rings. The summed E-state index contributed by atoms with van der Waals surface area (Å²) >= 11 is 0. The van der Waals surface area contributed by atoms with Crippen LogP contribution in [0.4, 0.5) is 23.2 Å². The Balaban J connectivity index is 1.28. The molecule has 2 saturated heterocycles. The van der Waals surface area contributed by atoms with Gasteiger partial charge in [-0.3, -0.25) is 14.6 Å². The lowest BCUT2D eigenvalue weighted by Gasteiger charge is -2.34. The van der Waals surface area contributed by atoms with Gasteiger partial charge < -0.3 is 15.3 Å². The maximum atomic E-state index is 13.7. The van der Waals surface area contributed by atoms with Crippen molar-refractivity contribution in [1.82, 2.24) is 9.62 Å². The van der Waals surface area contributed by atoms with Crippen molar-refractivity contribution in [2.75, 3.05) is 24.6 Å². The first-order chi connectivity index (χ1) is 19.7. The molecule has 1 spiro atoms. The van der Waals surface area contributed by atoms with E-state index < -0.39 is 39.0 Å². The van der Waals surface area contributed by atoms with E-state index in [1.165, 1.54) is 10.4 Å². The Kier molecular flexibility index (Phi) is 7.75. The third-order valence-corrected chi connectivity index (χ3v) is 9.49. The summed E-state index contributed by atoms with van der Waals surface area (Å²) in [6, 6.07) is 7.19. The van der Waals surface area contributed by atoms with Crippen molar-refractivity contribution < 1.29 is 40.7 Å². The van der Waals surface area contributed by atoms with Gasteiger partial charge in [-0.25, -0.2) is 12.8 Å². The fourth-order valence-corrected chi connectivity index (χ4v) is 6.69. The van der Waals surface area contributed by atoms with Gasteiger partial charge in [-0.05, 0) is 73.7 Å². The summed E-state index contributed by atoms with van der Waals surface area (Å²) in [5.41, 5.74) is -0.954. The van der Waals surface area contributed by atoms with Gasteiger partial charge in [0, 0.05) is 36.2 Å². The van der Waals surface area contributed by atoms with Crippen LogP contribution in [0.3, 0.4) is 0 Å². The van der Waals surface area contributed by atoms with Gasteiger partial charge in [0.05, 0.1) is 18.2 Å². The average molecular weight is 609 g/mol. The van der Waals surface area contributed by atoms with Crippen LogP contribution in [-0.4, -0.2) is 66.8 Å². The normalized spacial score (nSPS) is 21.4. The number of anilines is 1. The molecule has 2 aromatic carbocycles. The Bertz CT molecular complexity index is 1600. The SMILES string of the molecule is Cc1cc(N2C(=O)CC[C@H]2CO)ccc1C=CS(=O)(=O)N1CCC2(CC1)N=C(c1ccc(F)c(C(F)(F)F)c1)NC2=O. The Morgan fingerprint density at radius 2 is 1.86 bits per heavy atom. The van der Waals surface area contributed by atoms with E-state index in [0.29, 0.717) is 36.2 Å². The molecule has 42 heavy (non-hydrogen) atoms. The minimum atomic E-state index is -4.93. The Morgan fingerprint density at radius 3 is 2.50 bits per heavy atom. The predicted octanol–water partition coefficient (Wildman–Crippen LogP) is 3.35. The van der Waals surface area contributed by atoms with Gasteiger partial charge in [0.25, 0.3) is 5.91 Å². The second kappa shape index (κ2) is 10.9. The summed E-state index contributed by atoms with van der Waals surface area (Å²) in [6.07, 6.45) is -2.56. The van der Waals surface area contributed by atoms with E-state index in [0.717, 1.165) is 17.0 Å². The average Bonchev–Trinajstić information content (AvgIpc) is 3.46. The number of amidine groups is 1. The number of sulfonamides is 1. The fraction of sp³-hybridized carbons (Fsp3) is 0.393. The number of amides is 2. The number of rotatable bonds is 6. The number of carbonyl (C=O) groups is 2. The molecule has 0 bridgehead atoms. The summed E-state index contributed by atoms with van der Waals surface area (Å²) in [7, 11) is -3.89. The minimum Gasteiger partial charge on any atom is -0.394 e. The molecule has 3 heterocycles. The number of carbonyl (C=O) groups excluding carboxylic acids is 2. The van der Waals surface area contributed by atoms with Gasteiger partial charge in [0.15, 0.2) is 0 Å². The molecule has 1 atom stereocenters. The number of aliphatic imine (C=N–C) groups is 1. The van der Waals surface area contributed by atoms with Gasteiger partial charge in [-0.2, -0.15) is 17.5 Å². The second-order valence-electron chi connectivity index (χ2n) is 10.6. The van der Waals surface area contributed by atoms with E-state index >= 15 is 0 Å². The summed E-state index contributed by atoms with van der Waals surface area (Å²) in [5.74, 6) is -2.21.